The van der Waals surface area contributed by atoms with Crippen molar-refractivity contribution in [2.75, 3.05) is 25.1 Å². The van der Waals surface area contributed by atoms with E-state index in [4.69, 9.17) is 0 Å². The van der Waals surface area contributed by atoms with Gasteiger partial charge in [0.25, 0.3) is 0 Å². The summed E-state index contributed by atoms with van der Waals surface area (Å²) in [6.07, 6.45) is 7.10. The zero-order chi connectivity index (χ0) is 11.5. The summed E-state index contributed by atoms with van der Waals surface area (Å²) in [7, 11) is -0.639. The third-order valence-corrected chi connectivity index (χ3v) is 4.77. The smallest absolute Gasteiger partial charge is 0.0359 e. The second-order valence-corrected chi connectivity index (χ2v) is 6.68. The molecule has 0 aromatic carbocycles. The summed E-state index contributed by atoms with van der Waals surface area (Å²) in [6, 6.07) is 2.24. The molecule has 3 atom stereocenters. The van der Waals surface area contributed by atoms with Crippen molar-refractivity contribution < 1.29 is 4.21 Å². The van der Waals surface area contributed by atoms with E-state index in [0.29, 0.717) is 0 Å². The molecule has 2 heterocycles. The molecule has 1 N–H and O–H groups in total. The molecular weight excluding hydrogens is 220 g/mol. The van der Waals surface area contributed by atoms with Gasteiger partial charge in [0.1, 0.15) is 0 Å². The zero-order valence-electron chi connectivity index (χ0n) is 10.4. The van der Waals surface area contributed by atoms with Gasteiger partial charge in [0, 0.05) is 47.5 Å². The third-order valence-electron chi connectivity index (χ3n) is 4.01. The van der Waals surface area contributed by atoms with E-state index in [-0.39, 0.29) is 0 Å². The van der Waals surface area contributed by atoms with Crippen LogP contribution in [0.25, 0.3) is 0 Å². The first-order valence-electron chi connectivity index (χ1n) is 6.50. The van der Waals surface area contributed by atoms with E-state index in [1.165, 1.54) is 25.7 Å². The molecular formula is C12H24N2OS. The molecule has 2 rings (SSSR count). The second kappa shape index (κ2) is 5.61. The van der Waals surface area contributed by atoms with E-state index < -0.39 is 10.8 Å². The third kappa shape index (κ3) is 2.84. The van der Waals surface area contributed by atoms with Gasteiger partial charge in [-0.15, -0.1) is 0 Å². The first-order chi connectivity index (χ1) is 7.70. The SMILES string of the molecule is CCNC1CC2CCC(C1)N2CCS(C)=O. The molecule has 0 amide bonds. The lowest BCUT2D eigenvalue weighted by Crippen LogP contribution is -2.50. The fraction of sp³-hybridized carbons (Fsp3) is 1.00. The Labute approximate surface area is 101 Å². The molecule has 0 spiro atoms. The van der Waals surface area contributed by atoms with Gasteiger partial charge in [-0.1, -0.05) is 6.92 Å². The van der Waals surface area contributed by atoms with E-state index in [1.54, 1.807) is 0 Å². The number of piperidine rings is 1. The summed E-state index contributed by atoms with van der Waals surface area (Å²) in [5, 5.41) is 3.58. The highest BCUT2D eigenvalue weighted by molar-refractivity contribution is 7.84. The first-order valence-corrected chi connectivity index (χ1v) is 8.22. The predicted molar refractivity (Wildman–Crippen MR) is 69.1 cm³/mol. The Kier molecular flexibility index (Phi) is 4.39. The first kappa shape index (κ1) is 12.5. The maximum absolute atomic E-state index is 11.2. The van der Waals surface area contributed by atoms with Crippen LogP contribution in [0.5, 0.6) is 0 Å². The van der Waals surface area contributed by atoms with Crippen LogP contribution >= 0.6 is 0 Å². The van der Waals surface area contributed by atoms with Gasteiger partial charge in [0.15, 0.2) is 0 Å². The molecule has 0 aromatic heterocycles. The van der Waals surface area contributed by atoms with E-state index in [2.05, 4.69) is 17.1 Å². The predicted octanol–water partition coefficient (Wildman–Crippen LogP) is 0.970. The second-order valence-electron chi connectivity index (χ2n) is 5.13. The standard InChI is InChI=1S/C12H24N2OS/c1-3-13-10-8-11-4-5-12(9-10)14(11)6-7-16(2)15/h10-13H,3-9H2,1-2H3. The molecule has 3 nitrogen and oxygen atoms in total. The van der Waals surface area contributed by atoms with Gasteiger partial charge >= 0.3 is 0 Å². The van der Waals surface area contributed by atoms with E-state index >= 15 is 0 Å². The van der Waals surface area contributed by atoms with Crippen LogP contribution in [0.15, 0.2) is 0 Å². The number of rotatable bonds is 5. The van der Waals surface area contributed by atoms with E-state index in [1.807, 2.05) is 6.26 Å². The molecule has 4 heteroatoms. The lowest BCUT2D eigenvalue weighted by atomic mass is 9.97. The highest BCUT2D eigenvalue weighted by Gasteiger charge is 2.39. The van der Waals surface area contributed by atoms with Gasteiger partial charge in [-0.2, -0.15) is 0 Å². The van der Waals surface area contributed by atoms with Gasteiger partial charge < -0.3 is 5.32 Å². The summed E-state index contributed by atoms with van der Waals surface area (Å²) >= 11 is 0. The topological polar surface area (TPSA) is 32.3 Å². The minimum absolute atomic E-state index is 0.639. The molecule has 2 bridgehead atoms. The zero-order valence-corrected chi connectivity index (χ0v) is 11.3. The van der Waals surface area contributed by atoms with Crippen molar-refractivity contribution in [1.82, 2.24) is 10.2 Å². The van der Waals surface area contributed by atoms with Crippen molar-refractivity contribution >= 4 is 10.8 Å². The highest BCUT2D eigenvalue weighted by atomic mass is 32.2. The quantitative estimate of drug-likeness (QED) is 0.782. The number of fused-ring (bicyclic) bond motifs is 2. The van der Waals surface area contributed by atoms with Crippen molar-refractivity contribution in [2.45, 2.75) is 50.7 Å². The van der Waals surface area contributed by atoms with Crippen molar-refractivity contribution in [3.05, 3.63) is 0 Å². The fourth-order valence-electron chi connectivity index (χ4n) is 3.33. The molecule has 0 saturated carbocycles. The van der Waals surface area contributed by atoms with Crippen LogP contribution < -0.4 is 5.32 Å². The van der Waals surface area contributed by atoms with Crippen LogP contribution in [0, 0.1) is 0 Å². The lowest BCUT2D eigenvalue weighted by molar-refractivity contribution is 0.125. The Morgan fingerprint density at radius 3 is 2.44 bits per heavy atom. The number of hydrogen-bond acceptors (Lipinski definition) is 3. The molecule has 2 aliphatic heterocycles. The number of nitrogens with one attached hydrogen (secondary N) is 1. The largest absolute Gasteiger partial charge is 0.314 e. The van der Waals surface area contributed by atoms with Crippen LogP contribution in [0.4, 0.5) is 0 Å². The average Bonchev–Trinajstić information content (AvgIpc) is 2.46. The summed E-state index contributed by atoms with van der Waals surface area (Å²) in [6.45, 7) is 4.31. The van der Waals surface area contributed by atoms with Crippen molar-refractivity contribution in [2.24, 2.45) is 0 Å². The Morgan fingerprint density at radius 1 is 1.31 bits per heavy atom. The van der Waals surface area contributed by atoms with Crippen molar-refractivity contribution in [1.29, 1.82) is 0 Å². The average molecular weight is 244 g/mol. The van der Waals surface area contributed by atoms with Gasteiger partial charge in [-0.3, -0.25) is 9.11 Å². The normalized spacial score (nSPS) is 36.5. The van der Waals surface area contributed by atoms with Gasteiger partial charge in [0.05, 0.1) is 0 Å². The molecule has 0 radical (unpaired) electrons. The summed E-state index contributed by atoms with van der Waals surface area (Å²) in [5.41, 5.74) is 0. The van der Waals surface area contributed by atoms with Crippen molar-refractivity contribution in [3.63, 3.8) is 0 Å². The highest BCUT2D eigenvalue weighted by Crippen LogP contribution is 2.35. The molecule has 0 aliphatic carbocycles. The Hall–Kier alpha value is 0.0700. The Balaban J connectivity index is 1.87. The number of hydrogen-bond donors (Lipinski definition) is 1. The lowest BCUT2D eigenvalue weighted by Gasteiger charge is -2.39. The number of nitrogens with zero attached hydrogens (tertiary/aromatic N) is 1. The van der Waals surface area contributed by atoms with Gasteiger partial charge in [0.2, 0.25) is 0 Å². The monoisotopic (exact) mass is 244 g/mol. The van der Waals surface area contributed by atoms with E-state index in [9.17, 15) is 4.21 Å². The van der Waals surface area contributed by atoms with Crippen LogP contribution in [-0.2, 0) is 10.8 Å². The van der Waals surface area contributed by atoms with Crippen LogP contribution in [0.1, 0.15) is 32.6 Å². The fourth-order valence-corrected chi connectivity index (χ4v) is 3.80. The van der Waals surface area contributed by atoms with E-state index in [0.717, 1.165) is 37.0 Å². The maximum Gasteiger partial charge on any atom is 0.0359 e. The van der Waals surface area contributed by atoms with Crippen LogP contribution in [0.2, 0.25) is 0 Å². The summed E-state index contributed by atoms with van der Waals surface area (Å²) < 4.78 is 11.2. The van der Waals surface area contributed by atoms with Crippen molar-refractivity contribution in [3.8, 4) is 0 Å². The Bertz CT molecular complexity index is 245. The molecule has 16 heavy (non-hydrogen) atoms. The van der Waals surface area contributed by atoms with Crippen LogP contribution in [-0.4, -0.2) is 52.3 Å². The summed E-state index contributed by atoms with van der Waals surface area (Å²) in [4.78, 5) is 2.62. The molecule has 3 unspecified atom stereocenters. The summed E-state index contributed by atoms with van der Waals surface area (Å²) in [5.74, 6) is 0.846. The Morgan fingerprint density at radius 2 is 1.94 bits per heavy atom. The molecule has 0 aromatic rings. The molecule has 2 fully saturated rings. The molecule has 94 valence electrons. The molecule has 2 saturated heterocycles. The minimum atomic E-state index is -0.639. The minimum Gasteiger partial charge on any atom is -0.314 e. The molecule has 2 aliphatic rings. The van der Waals surface area contributed by atoms with Gasteiger partial charge in [-0.05, 0) is 32.2 Å². The van der Waals surface area contributed by atoms with Gasteiger partial charge in [-0.25, -0.2) is 0 Å². The van der Waals surface area contributed by atoms with Crippen LogP contribution in [0.3, 0.4) is 0 Å². The maximum atomic E-state index is 11.2.